The van der Waals surface area contributed by atoms with Gasteiger partial charge in [0.05, 0.1) is 22.9 Å². The van der Waals surface area contributed by atoms with Crippen LogP contribution in [0.3, 0.4) is 0 Å². The van der Waals surface area contributed by atoms with Crippen molar-refractivity contribution in [3.05, 3.63) is 108 Å². The topological polar surface area (TPSA) is 317 Å². The number of rotatable bonds is 10. The van der Waals surface area contributed by atoms with E-state index in [4.69, 9.17) is 51.6 Å². The summed E-state index contributed by atoms with van der Waals surface area (Å²) < 4.78 is 15.8. The van der Waals surface area contributed by atoms with Crippen LogP contribution >= 0.6 is 0 Å². The molecule has 0 radical (unpaired) electrons. The molecule has 24 nitrogen and oxygen atoms in total. The van der Waals surface area contributed by atoms with Crippen LogP contribution in [0.4, 0.5) is 35.0 Å². The molecule has 8 heterocycles. The number of nitrogens with two attached hydrogens (primary N) is 4. The minimum atomic E-state index is 0.0297. The lowest BCUT2D eigenvalue weighted by Gasteiger charge is -2.33. The Kier molecular flexibility index (Phi) is 13.6. The number of nitrogens with zero attached hydrogens (tertiary/aromatic N) is 14. The number of anilines is 6. The van der Waals surface area contributed by atoms with Gasteiger partial charge in [-0.3, -0.25) is 0 Å². The van der Waals surface area contributed by atoms with Crippen LogP contribution in [0.25, 0.3) is 66.8 Å². The summed E-state index contributed by atoms with van der Waals surface area (Å²) >= 11 is 0. The highest BCUT2D eigenvalue weighted by Crippen LogP contribution is 2.37. The minimum absolute atomic E-state index is 0.0297. The third-order valence-electron chi connectivity index (χ3n) is 14.0. The molecule has 10 N–H and O–H groups in total. The van der Waals surface area contributed by atoms with E-state index in [0.717, 1.165) is 128 Å². The zero-order valence-corrected chi connectivity index (χ0v) is 44.1. The maximum atomic E-state index is 6.34. The highest BCUT2D eigenvalue weighted by atomic mass is 16.6. The van der Waals surface area contributed by atoms with Crippen molar-refractivity contribution < 1.29 is 18.5 Å². The quantitative estimate of drug-likeness (QED) is 0.0427. The fraction of sp³-hybridized carbons (Fsp3) is 0.296. The average molecular weight is 1050 g/mol. The van der Waals surface area contributed by atoms with Crippen molar-refractivity contribution in [2.75, 3.05) is 62.5 Å². The summed E-state index contributed by atoms with van der Waals surface area (Å²) in [7, 11) is 2.97. The third kappa shape index (κ3) is 9.97. The number of nitrogens with one attached hydrogen (secondary N) is 2. The number of oxime groups is 2. The van der Waals surface area contributed by atoms with Gasteiger partial charge in [-0.15, -0.1) is 0 Å². The average Bonchev–Trinajstić information content (AvgIpc) is 4.39. The molecule has 400 valence electrons. The van der Waals surface area contributed by atoms with Crippen molar-refractivity contribution >= 4 is 91.2 Å². The Hall–Kier alpha value is -9.74. The first-order valence-electron chi connectivity index (χ1n) is 25.5. The monoisotopic (exact) mass is 1050 g/mol. The van der Waals surface area contributed by atoms with E-state index in [1.165, 1.54) is 26.9 Å². The lowest BCUT2D eigenvalue weighted by atomic mass is 10.1. The summed E-state index contributed by atoms with van der Waals surface area (Å²) in [6, 6.07) is 24.9. The fourth-order valence-corrected chi connectivity index (χ4v) is 10.5. The summed E-state index contributed by atoms with van der Waals surface area (Å²) in [5.41, 5.74) is 38.8. The second kappa shape index (κ2) is 21.1. The van der Waals surface area contributed by atoms with Gasteiger partial charge in [-0.2, -0.15) is 20.2 Å². The molecular weight excluding hydrogens is 993 g/mol. The van der Waals surface area contributed by atoms with E-state index in [2.05, 4.69) is 63.0 Å². The molecule has 2 aliphatic rings. The minimum Gasteiger partial charge on any atom is -0.423 e. The Morgan fingerprint density at radius 3 is 1.40 bits per heavy atom. The summed E-state index contributed by atoms with van der Waals surface area (Å²) in [6.45, 7) is 11.0. The molecule has 4 aromatic carbocycles. The van der Waals surface area contributed by atoms with Crippen LogP contribution in [0, 0.1) is 27.7 Å². The van der Waals surface area contributed by atoms with Gasteiger partial charge in [0, 0.05) is 48.7 Å². The van der Waals surface area contributed by atoms with Gasteiger partial charge in [-0.25, -0.2) is 29.3 Å². The number of oxazole rings is 2. The standard InChI is InChI=1S/2C27H30N10O2/c2*1-15-11-16(2)23-20(12-15)33-27(39-23)32-18-8-6-17(7-9-18)22-21-24(28)30-14-31-25(21)37(34-22)19-5-4-10-36(13-19)26(29)35-38-3/h2*6-9,11-12,14,19H,4-5,10,13H2,1-3H3,(H2,29,35)(H,32,33)(H2,28,30,31)/t2*19-/m10/s1. The number of likely N-dealkylation sites (tertiary alicyclic amines) is 2. The number of hydrogen-bond donors (Lipinski definition) is 6. The maximum absolute atomic E-state index is 6.34. The first-order chi connectivity index (χ1) is 37.8. The summed E-state index contributed by atoms with van der Waals surface area (Å²) in [4.78, 5) is 40.5. The van der Waals surface area contributed by atoms with Crippen molar-refractivity contribution in [2.45, 2.75) is 65.5 Å². The van der Waals surface area contributed by atoms with Crippen LogP contribution in [-0.4, -0.2) is 112 Å². The van der Waals surface area contributed by atoms with Gasteiger partial charge in [-0.05, 0) is 122 Å². The van der Waals surface area contributed by atoms with Crippen molar-refractivity contribution in [3.8, 4) is 22.5 Å². The van der Waals surface area contributed by atoms with Gasteiger partial charge in [0.15, 0.2) is 22.5 Å². The smallest absolute Gasteiger partial charge is 0.300 e. The third-order valence-corrected chi connectivity index (χ3v) is 14.0. The Morgan fingerprint density at radius 1 is 0.590 bits per heavy atom. The Balaban J connectivity index is 0.000000165. The van der Waals surface area contributed by atoms with Gasteiger partial charge in [0.2, 0.25) is 11.9 Å². The molecule has 0 bridgehead atoms. The molecule has 0 spiro atoms. The molecule has 6 aromatic heterocycles. The van der Waals surface area contributed by atoms with Crippen molar-refractivity contribution in [1.29, 1.82) is 0 Å². The molecule has 78 heavy (non-hydrogen) atoms. The lowest BCUT2D eigenvalue weighted by molar-refractivity contribution is 0.192. The van der Waals surface area contributed by atoms with E-state index in [-0.39, 0.29) is 12.1 Å². The number of piperidine rings is 2. The summed E-state index contributed by atoms with van der Waals surface area (Å²) in [6.07, 6.45) is 6.63. The molecule has 12 rings (SSSR count). The molecule has 0 saturated carbocycles. The molecule has 24 heteroatoms. The lowest BCUT2D eigenvalue weighted by Crippen LogP contribution is -2.44. The van der Waals surface area contributed by atoms with Crippen LogP contribution in [0.5, 0.6) is 0 Å². The highest BCUT2D eigenvalue weighted by Gasteiger charge is 2.30. The Bertz CT molecular complexity index is 3630. The van der Waals surface area contributed by atoms with E-state index in [9.17, 15) is 0 Å². The molecule has 0 aliphatic carbocycles. The van der Waals surface area contributed by atoms with Crippen LogP contribution in [0.15, 0.2) is 105 Å². The Morgan fingerprint density at radius 2 is 1.00 bits per heavy atom. The normalized spacial score (nSPS) is 16.2. The van der Waals surface area contributed by atoms with Crippen LogP contribution in [0.2, 0.25) is 0 Å². The number of nitrogen functional groups attached to an aromatic ring is 2. The van der Waals surface area contributed by atoms with Crippen molar-refractivity contribution in [3.63, 3.8) is 0 Å². The number of hydrogen-bond acceptors (Lipinski definition) is 18. The molecule has 0 amide bonds. The van der Waals surface area contributed by atoms with E-state index in [0.29, 0.717) is 60.0 Å². The summed E-state index contributed by atoms with van der Waals surface area (Å²) in [5, 5.41) is 25.7. The van der Waals surface area contributed by atoms with Crippen LogP contribution in [0.1, 0.15) is 60.0 Å². The number of fused-ring (bicyclic) bond motifs is 4. The zero-order chi connectivity index (χ0) is 54.2. The highest BCUT2D eigenvalue weighted by molar-refractivity contribution is 5.99. The molecule has 2 aliphatic heterocycles. The van der Waals surface area contributed by atoms with Gasteiger partial charge < -0.3 is 61.9 Å². The second-order valence-corrected chi connectivity index (χ2v) is 19.6. The molecule has 10 aromatic rings. The molecule has 2 fully saturated rings. The van der Waals surface area contributed by atoms with Crippen molar-refractivity contribution in [1.82, 2.24) is 59.3 Å². The van der Waals surface area contributed by atoms with Gasteiger partial charge >= 0.3 is 0 Å². The Labute approximate surface area is 447 Å². The van der Waals surface area contributed by atoms with E-state index >= 15 is 0 Å². The summed E-state index contributed by atoms with van der Waals surface area (Å²) in [5.74, 6) is 1.46. The zero-order valence-electron chi connectivity index (χ0n) is 44.1. The molecule has 2 atom stereocenters. The number of aryl methyl sites for hydroxylation is 4. The molecule has 2 saturated heterocycles. The van der Waals surface area contributed by atoms with E-state index in [1.807, 2.05) is 108 Å². The number of benzene rings is 4. The second-order valence-electron chi connectivity index (χ2n) is 19.6. The predicted molar refractivity (Wildman–Crippen MR) is 301 cm³/mol. The van der Waals surface area contributed by atoms with Gasteiger partial charge in [0.1, 0.15) is 60.9 Å². The fourth-order valence-electron chi connectivity index (χ4n) is 10.5. The van der Waals surface area contributed by atoms with E-state index < -0.39 is 0 Å². The van der Waals surface area contributed by atoms with Crippen LogP contribution < -0.4 is 33.6 Å². The largest absolute Gasteiger partial charge is 0.423 e. The molecular formula is C54H60N20O4. The first kappa shape index (κ1) is 50.4. The SMILES string of the molecule is CON=C(N)N1CCC[C@@H](n2nc(-c3ccc(Nc4nc5cc(C)cc(C)c5o4)cc3)c3c(N)ncnc32)C1.CON=C(N)N1CCC[C@H](n2nc(-c3ccc(Nc4nc5cc(C)cc(C)c5o4)cc3)c3c(N)ncnc32)C1. The number of aromatic nitrogens is 10. The van der Waals surface area contributed by atoms with Gasteiger partial charge in [0.25, 0.3) is 12.0 Å². The van der Waals surface area contributed by atoms with Gasteiger partial charge in [-0.1, -0.05) is 36.4 Å². The predicted octanol–water partition coefficient (Wildman–Crippen LogP) is 8.18. The number of guanidine groups is 2. The maximum Gasteiger partial charge on any atom is 0.300 e. The van der Waals surface area contributed by atoms with E-state index in [1.54, 1.807) is 0 Å². The first-order valence-corrected chi connectivity index (χ1v) is 25.5. The molecule has 0 unspecified atom stereocenters. The van der Waals surface area contributed by atoms with Crippen LogP contribution in [-0.2, 0) is 9.68 Å². The van der Waals surface area contributed by atoms with Crippen molar-refractivity contribution in [2.24, 2.45) is 21.8 Å².